The number of methoxy groups -OCH3 is 1. The molecule has 1 saturated heterocycles. The first-order valence-electron chi connectivity index (χ1n) is 6.62. The molecule has 0 bridgehead atoms. The van der Waals surface area contributed by atoms with Crippen molar-refractivity contribution in [3.05, 3.63) is 28.8 Å². The first kappa shape index (κ1) is 13.4. The number of hydrogen-bond donors (Lipinski definition) is 1. The molecule has 3 heteroatoms. The molecule has 100 valence electrons. The summed E-state index contributed by atoms with van der Waals surface area (Å²) in [6.07, 6.45) is 1.13. The Morgan fingerprint density at radius 3 is 2.67 bits per heavy atom. The summed E-state index contributed by atoms with van der Waals surface area (Å²) in [7, 11) is 3.94. The molecule has 0 amide bonds. The molecule has 2 rings (SSSR count). The van der Waals surface area contributed by atoms with Crippen LogP contribution in [0.25, 0.3) is 0 Å². The van der Waals surface area contributed by atoms with Gasteiger partial charge in [0.05, 0.1) is 7.11 Å². The Morgan fingerprint density at radius 2 is 2.11 bits per heavy atom. The summed E-state index contributed by atoms with van der Waals surface area (Å²) in [6, 6.07) is 4.65. The van der Waals surface area contributed by atoms with E-state index in [1.54, 1.807) is 7.11 Å². The maximum atomic E-state index is 5.82. The highest BCUT2D eigenvalue weighted by Gasteiger charge is 2.32. The van der Waals surface area contributed by atoms with Crippen molar-refractivity contribution in [2.24, 2.45) is 11.7 Å². The molecule has 1 aliphatic rings. The zero-order chi connectivity index (χ0) is 13.3. The Bertz CT molecular complexity index is 431. The van der Waals surface area contributed by atoms with Gasteiger partial charge in [-0.25, -0.2) is 0 Å². The third-order valence-electron chi connectivity index (χ3n) is 4.27. The van der Waals surface area contributed by atoms with E-state index < -0.39 is 0 Å². The Hall–Kier alpha value is -1.06. The van der Waals surface area contributed by atoms with Gasteiger partial charge in [0.2, 0.25) is 0 Å². The second-order valence-electron chi connectivity index (χ2n) is 5.42. The van der Waals surface area contributed by atoms with Crippen molar-refractivity contribution >= 4 is 0 Å². The summed E-state index contributed by atoms with van der Waals surface area (Å²) >= 11 is 0. The second kappa shape index (κ2) is 5.29. The van der Waals surface area contributed by atoms with Crippen LogP contribution in [0.3, 0.4) is 0 Å². The van der Waals surface area contributed by atoms with Crippen molar-refractivity contribution in [1.29, 1.82) is 0 Å². The van der Waals surface area contributed by atoms with Gasteiger partial charge in [0.1, 0.15) is 5.75 Å². The largest absolute Gasteiger partial charge is 0.496 e. The van der Waals surface area contributed by atoms with Gasteiger partial charge in [-0.15, -0.1) is 0 Å². The summed E-state index contributed by atoms with van der Waals surface area (Å²) in [5.74, 6) is 1.61. The van der Waals surface area contributed by atoms with E-state index in [0.717, 1.165) is 25.3 Å². The van der Waals surface area contributed by atoms with Crippen LogP contribution in [-0.2, 0) is 0 Å². The Balaban J connectivity index is 2.41. The van der Waals surface area contributed by atoms with Crippen molar-refractivity contribution in [1.82, 2.24) is 4.90 Å². The van der Waals surface area contributed by atoms with Crippen LogP contribution in [0.4, 0.5) is 0 Å². The molecular formula is C15H24N2O. The molecule has 1 aromatic carbocycles. The van der Waals surface area contributed by atoms with Crippen molar-refractivity contribution in [3.63, 3.8) is 0 Å². The first-order valence-corrected chi connectivity index (χ1v) is 6.62. The molecule has 0 saturated carbocycles. The van der Waals surface area contributed by atoms with E-state index in [2.05, 4.69) is 37.9 Å². The van der Waals surface area contributed by atoms with Crippen LogP contribution in [0.2, 0.25) is 0 Å². The first-order chi connectivity index (χ1) is 8.58. The molecular weight excluding hydrogens is 224 g/mol. The Kier molecular flexibility index (Phi) is 3.93. The number of rotatable bonds is 3. The molecule has 0 spiro atoms. The number of hydrogen-bond acceptors (Lipinski definition) is 3. The lowest BCUT2D eigenvalue weighted by Gasteiger charge is -2.24. The highest BCUT2D eigenvalue weighted by atomic mass is 16.5. The zero-order valence-corrected chi connectivity index (χ0v) is 11.9. The van der Waals surface area contributed by atoms with Gasteiger partial charge < -0.3 is 10.5 Å². The van der Waals surface area contributed by atoms with Gasteiger partial charge in [0.15, 0.2) is 0 Å². The molecule has 1 fully saturated rings. The molecule has 18 heavy (non-hydrogen) atoms. The van der Waals surface area contributed by atoms with E-state index in [0.29, 0.717) is 12.0 Å². The van der Waals surface area contributed by atoms with Crippen molar-refractivity contribution in [2.45, 2.75) is 26.3 Å². The van der Waals surface area contributed by atoms with Gasteiger partial charge in [-0.3, -0.25) is 4.90 Å². The number of nitrogens with two attached hydrogens (primary N) is 1. The van der Waals surface area contributed by atoms with Crippen molar-refractivity contribution in [2.75, 3.05) is 27.2 Å². The Labute approximate surface area is 110 Å². The third-order valence-corrected chi connectivity index (χ3v) is 4.27. The monoisotopic (exact) mass is 248 g/mol. The summed E-state index contributed by atoms with van der Waals surface area (Å²) in [5, 5.41) is 0. The fourth-order valence-corrected chi connectivity index (χ4v) is 3.02. The minimum Gasteiger partial charge on any atom is -0.496 e. The molecule has 2 N–H and O–H groups in total. The highest BCUT2D eigenvalue weighted by Crippen LogP contribution is 2.40. The lowest BCUT2D eigenvalue weighted by molar-refractivity contribution is 0.302. The van der Waals surface area contributed by atoms with E-state index in [1.807, 2.05) is 0 Å². The number of aryl methyl sites for hydroxylation is 1. The standard InChI is InChI=1S/C15H24N2O/c1-10-5-6-14(18-4)15(11(10)2)13-7-12(8-16)9-17(13)3/h5-6,12-13H,7-9,16H2,1-4H3. The van der Waals surface area contributed by atoms with E-state index in [4.69, 9.17) is 10.5 Å². The van der Waals surface area contributed by atoms with Crippen molar-refractivity contribution in [3.8, 4) is 5.75 Å². The molecule has 0 aromatic heterocycles. The summed E-state index contributed by atoms with van der Waals surface area (Å²) < 4.78 is 5.55. The Morgan fingerprint density at radius 1 is 1.39 bits per heavy atom. The molecule has 3 nitrogen and oxygen atoms in total. The normalized spacial score (nSPS) is 24.5. The summed E-state index contributed by atoms with van der Waals surface area (Å²) in [5.41, 5.74) is 9.84. The molecule has 1 heterocycles. The van der Waals surface area contributed by atoms with Crippen LogP contribution in [0, 0.1) is 19.8 Å². The predicted molar refractivity (Wildman–Crippen MR) is 75.0 cm³/mol. The van der Waals surface area contributed by atoms with Gasteiger partial charge in [-0.05, 0) is 57.0 Å². The third kappa shape index (κ3) is 2.25. The lowest BCUT2D eigenvalue weighted by Crippen LogP contribution is -2.21. The number of ether oxygens (including phenoxy) is 1. The fourth-order valence-electron chi connectivity index (χ4n) is 3.02. The van der Waals surface area contributed by atoms with Crippen LogP contribution in [0.15, 0.2) is 12.1 Å². The van der Waals surface area contributed by atoms with Gasteiger partial charge in [0, 0.05) is 18.2 Å². The molecule has 1 aliphatic heterocycles. The maximum absolute atomic E-state index is 5.82. The minimum absolute atomic E-state index is 0.438. The molecule has 1 aromatic rings. The predicted octanol–water partition coefficient (Wildman–Crippen LogP) is 2.26. The average molecular weight is 248 g/mol. The SMILES string of the molecule is COc1ccc(C)c(C)c1C1CC(CN)CN1C. The smallest absolute Gasteiger partial charge is 0.123 e. The lowest BCUT2D eigenvalue weighted by atomic mass is 9.93. The summed E-state index contributed by atoms with van der Waals surface area (Å²) in [4.78, 5) is 2.40. The summed E-state index contributed by atoms with van der Waals surface area (Å²) in [6.45, 7) is 6.20. The van der Waals surface area contributed by atoms with Crippen LogP contribution in [0.5, 0.6) is 5.75 Å². The quantitative estimate of drug-likeness (QED) is 0.891. The maximum Gasteiger partial charge on any atom is 0.123 e. The van der Waals surface area contributed by atoms with E-state index in [9.17, 15) is 0 Å². The average Bonchev–Trinajstić information content (AvgIpc) is 2.73. The van der Waals surface area contributed by atoms with Gasteiger partial charge in [-0.1, -0.05) is 6.07 Å². The second-order valence-corrected chi connectivity index (χ2v) is 5.42. The van der Waals surface area contributed by atoms with Gasteiger partial charge in [0.25, 0.3) is 0 Å². The van der Waals surface area contributed by atoms with E-state index >= 15 is 0 Å². The highest BCUT2D eigenvalue weighted by molar-refractivity contribution is 5.46. The van der Waals surface area contributed by atoms with Crippen molar-refractivity contribution < 1.29 is 4.74 Å². The fraction of sp³-hybridized carbons (Fsp3) is 0.600. The molecule has 0 aliphatic carbocycles. The number of benzene rings is 1. The minimum atomic E-state index is 0.438. The van der Waals surface area contributed by atoms with Crippen LogP contribution in [0.1, 0.15) is 29.2 Å². The van der Waals surface area contributed by atoms with Crippen LogP contribution < -0.4 is 10.5 Å². The zero-order valence-electron chi connectivity index (χ0n) is 11.9. The molecule has 0 radical (unpaired) electrons. The number of likely N-dealkylation sites (tertiary alicyclic amines) is 1. The van der Waals surface area contributed by atoms with Gasteiger partial charge in [-0.2, -0.15) is 0 Å². The van der Waals surface area contributed by atoms with Crippen LogP contribution >= 0.6 is 0 Å². The van der Waals surface area contributed by atoms with Crippen LogP contribution in [-0.4, -0.2) is 32.1 Å². The topological polar surface area (TPSA) is 38.5 Å². The number of nitrogens with zero attached hydrogens (tertiary/aromatic N) is 1. The van der Waals surface area contributed by atoms with Gasteiger partial charge >= 0.3 is 0 Å². The molecule has 2 unspecified atom stereocenters. The van der Waals surface area contributed by atoms with E-state index in [1.165, 1.54) is 16.7 Å². The molecule has 2 atom stereocenters. The van der Waals surface area contributed by atoms with E-state index in [-0.39, 0.29) is 0 Å².